The number of carboxylic acid groups (broad SMARTS) is 1. The predicted molar refractivity (Wildman–Crippen MR) is 236 cm³/mol. The summed E-state index contributed by atoms with van der Waals surface area (Å²) >= 11 is 0. The zero-order valence-corrected chi connectivity index (χ0v) is 37.9. The molecule has 2 heterocycles. The number of hydrogen-bond donors (Lipinski definition) is 2. The first kappa shape index (κ1) is 42.9. The first-order valence-corrected chi connectivity index (χ1v) is 24.6. The van der Waals surface area contributed by atoms with Crippen LogP contribution in [0.15, 0.2) is 53.8 Å². The Morgan fingerprint density at radius 3 is 2.49 bits per heavy atom. The SMILES string of the molecule is C=C(C)[C@@H]1CC[C@]2(NCCN3CCS(=O)CC3)CC[C@]3(C)[C@H](CC[C@@H]4[C@@]5(C)CC=C(C6=CCC(CCOc7cc(C#N)ccn7)(C(=O)O)CC6)C(C)(C)[C@@H]5CC[C@]43C)[C@@H]12. The van der Waals surface area contributed by atoms with Crippen LogP contribution >= 0.6 is 0 Å². The van der Waals surface area contributed by atoms with E-state index in [1.165, 1.54) is 68.1 Å². The van der Waals surface area contributed by atoms with Crippen molar-refractivity contribution in [2.45, 2.75) is 131 Å². The van der Waals surface area contributed by atoms with Crippen molar-refractivity contribution in [1.29, 1.82) is 5.26 Å². The average Bonchev–Trinajstić information content (AvgIpc) is 3.59. The molecule has 0 radical (unpaired) electrons. The van der Waals surface area contributed by atoms with E-state index >= 15 is 0 Å². The molecule has 2 N–H and O–H groups in total. The zero-order valence-electron chi connectivity index (χ0n) is 37.0. The maximum absolute atomic E-state index is 12.8. The standard InChI is InChI=1S/C50H72N4O4S/c1-34(2)37-12-20-50(53-25-26-54-27-30-59(57)31-28-54)22-21-47(6)39(43(37)50)8-9-41-46(5)16-13-38(45(3,4)40(46)14-17-48(41,47)7)36-10-18-49(19-11-36,44(55)56)23-29-58-42-32-35(33-51)15-24-52-42/h10,13,15,24,32,37,39-41,43,53H,1,8-9,11-12,14,16-23,25-31H2,2-7H3,(H,55,56)/t37-,39+,40-,41+,43+,46-,47+,48+,49?,50-/m0/s1. The Morgan fingerprint density at radius 2 is 1.80 bits per heavy atom. The Kier molecular flexibility index (Phi) is 11.5. The van der Waals surface area contributed by atoms with E-state index in [0.717, 1.165) is 50.5 Å². The molecule has 1 aromatic heterocycles. The van der Waals surface area contributed by atoms with Crippen molar-refractivity contribution >= 4 is 16.8 Å². The summed E-state index contributed by atoms with van der Waals surface area (Å²) in [6, 6.07) is 5.36. The van der Waals surface area contributed by atoms with E-state index in [2.05, 4.69) is 81.5 Å². The van der Waals surface area contributed by atoms with Crippen LogP contribution in [0.5, 0.6) is 5.88 Å². The van der Waals surface area contributed by atoms with Crippen LogP contribution < -0.4 is 10.1 Å². The Bertz CT molecular complexity index is 1940. The van der Waals surface area contributed by atoms with Crippen molar-refractivity contribution in [3.63, 3.8) is 0 Å². The van der Waals surface area contributed by atoms with E-state index in [9.17, 15) is 19.4 Å². The summed E-state index contributed by atoms with van der Waals surface area (Å²) in [6.45, 7) is 24.4. The Balaban J connectivity index is 0.990. The second kappa shape index (κ2) is 15.8. The van der Waals surface area contributed by atoms with E-state index in [0.29, 0.717) is 60.3 Å². The van der Waals surface area contributed by atoms with Gasteiger partial charge >= 0.3 is 5.97 Å². The second-order valence-electron chi connectivity index (χ2n) is 21.6. The lowest BCUT2D eigenvalue weighted by molar-refractivity contribution is -0.221. The van der Waals surface area contributed by atoms with Gasteiger partial charge in [0.2, 0.25) is 5.88 Å². The number of aromatic nitrogens is 1. The van der Waals surface area contributed by atoms with Crippen molar-refractivity contribution in [2.24, 2.45) is 56.7 Å². The number of carbonyl (C=O) groups is 1. The minimum atomic E-state index is -0.865. The molecule has 0 aromatic carbocycles. The lowest BCUT2D eigenvalue weighted by Gasteiger charge is -2.72. The molecule has 0 amide bonds. The summed E-state index contributed by atoms with van der Waals surface area (Å²) in [5.41, 5.74) is 4.82. The van der Waals surface area contributed by atoms with Gasteiger partial charge in [-0.25, -0.2) is 4.98 Å². The Hall–Kier alpha value is -2.80. The molecule has 10 atom stereocenters. The number of ether oxygens (including phenoxy) is 1. The third kappa shape index (κ3) is 7.11. The van der Waals surface area contributed by atoms with E-state index in [1.807, 2.05) is 0 Å². The zero-order chi connectivity index (χ0) is 42.0. The van der Waals surface area contributed by atoms with Gasteiger partial charge in [0.25, 0.3) is 0 Å². The second-order valence-corrected chi connectivity index (χ2v) is 23.3. The molecule has 8 nitrogen and oxygen atoms in total. The number of pyridine rings is 1. The Morgan fingerprint density at radius 1 is 1.02 bits per heavy atom. The molecule has 7 aliphatic rings. The molecule has 0 spiro atoms. The van der Waals surface area contributed by atoms with Crippen molar-refractivity contribution in [3.05, 3.63) is 59.3 Å². The fraction of sp³-hybridized carbons (Fsp3) is 0.740. The lowest BCUT2D eigenvalue weighted by atomic mass is 9.33. The number of aliphatic carboxylic acids is 1. The van der Waals surface area contributed by atoms with Crippen LogP contribution in [0.3, 0.4) is 0 Å². The molecule has 5 fully saturated rings. The first-order chi connectivity index (χ1) is 28.0. The number of rotatable bonds is 11. The topological polar surface area (TPSA) is 116 Å². The van der Waals surface area contributed by atoms with Gasteiger partial charge in [-0.05, 0) is 159 Å². The minimum absolute atomic E-state index is 0.00716. The highest BCUT2D eigenvalue weighted by Crippen LogP contribution is 2.76. The molecular formula is C50H72N4O4S. The molecule has 1 saturated heterocycles. The fourth-order valence-corrected chi connectivity index (χ4v) is 16.7. The van der Waals surface area contributed by atoms with Gasteiger partial charge in [-0.2, -0.15) is 5.26 Å². The van der Waals surface area contributed by atoms with Gasteiger partial charge < -0.3 is 20.1 Å². The smallest absolute Gasteiger partial charge is 0.310 e. The number of nitriles is 1. The maximum Gasteiger partial charge on any atom is 0.310 e. The number of allylic oxidation sites excluding steroid dienone is 5. The Labute approximate surface area is 357 Å². The van der Waals surface area contributed by atoms with Gasteiger partial charge in [-0.15, -0.1) is 0 Å². The van der Waals surface area contributed by atoms with Crippen molar-refractivity contribution < 1.29 is 18.8 Å². The van der Waals surface area contributed by atoms with Gasteiger partial charge in [0.1, 0.15) is 0 Å². The summed E-state index contributed by atoms with van der Waals surface area (Å²) in [4.78, 5) is 19.6. The minimum Gasteiger partial charge on any atom is -0.481 e. The number of carboxylic acids is 1. The highest BCUT2D eigenvalue weighted by Gasteiger charge is 2.70. The van der Waals surface area contributed by atoms with Crippen molar-refractivity contribution in [2.75, 3.05) is 44.3 Å². The van der Waals surface area contributed by atoms with Gasteiger partial charge in [0.05, 0.1) is 23.7 Å². The monoisotopic (exact) mass is 825 g/mol. The normalized spacial score (nSPS) is 40.6. The van der Waals surface area contributed by atoms with Crippen LogP contribution in [-0.2, 0) is 15.6 Å². The summed E-state index contributed by atoms with van der Waals surface area (Å²) in [6.07, 6.45) is 20.1. The predicted octanol–water partition coefficient (Wildman–Crippen LogP) is 9.50. The van der Waals surface area contributed by atoms with Crippen LogP contribution in [0.2, 0.25) is 0 Å². The van der Waals surface area contributed by atoms with Gasteiger partial charge in [0.15, 0.2) is 0 Å². The van der Waals surface area contributed by atoms with Crippen LogP contribution in [0.1, 0.15) is 131 Å². The van der Waals surface area contributed by atoms with Crippen molar-refractivity contribution in [3.8, 4) is 11.9 Å². The molecule has 8 rings (SSSR count). The summed E-state index contributed by atoms with van der Waals surface area (Å²) in [5, 5.41) is 24.1. The number of nitrogens with one attached hydrogen (secondary N) is 1. The van der Waals surface area contributed by atoms with Gasteiger partial charge in [0, 0.05) is 66.3 Å². The summed E-state index contributed by atoms with van der Waals surface area (Å²) < 4.78 is 17.9. The molecular weight excluding hydrogens is 753 g/mol. The quantitative estimate of drug-likeness (QED) is 0.212. The van der Waals surface area contributed by atoms with Crippen LogP contribution in [0.4, 0.5) is 0 Å². The number of hydrogen-bond acceptors (Lipinski definition) is 7. The van der Waals surface area contributed by atoms with Gasteiger partial charge in [-0.3, -0.25) is 9.00 Å². The molecule has 1 aliphatic heterocycles. The van der Waals surface area contributed by atoms with E-state index in [-0.39, 0.29) is 33.8 Å². The molecule has 0 bridgehead atoms. The van der Waals surface area contributed by atoms with Crippen LogP contribution in [-0.4, -0.2) is 75.0 Å². The van der Waals surface area contributed by atoms with Gasteiger partial charge in [-0.1, -0.05) is 58.9 Å². The largest absolute Gasteiger partial charge is 0.481 e. The highest BCUT2D eigenvalue weighted by molar-refractivity contribution is 7.85. The third-order valence-electron chi connectivity index (χ3n) is 18.9. The van der Waals surface area contributed by atoms with Crippen molar-refractivity contribution in [1.82, 2.24) is 15.2 Å². The number of fused-ring (bicyclic) bond motifs is 7. The first-order valence-electron chi connectivity index (χ1n) is 23.1. The molecule has 6 aliphatic carbocycles. The number of nitrogens with zero attached hydrogens (tertiary/aromatic N) is 3. The molecule has 4 saturated carbocycles. The third-order valence-corrected chi connectivity index (χ3v) is 20.2. The van der Waals surface area contributed by atoms with E-state index in [4.69, 9.17) is 4.74 Å². The average molecular weight is 825 g/mol. The van der Waals surface area contributed by atoms with Crippen LogP contribution in [0, 0.1) is 68.0 Å². The highest BCUT2D eigenvalue weighted by atomic mass is 32.2. The van der Waals surface area contributed by atoms with E-state index < -0.39 is 22.2 Å². The molecule has 1 unspecified atom stereocenters. The molecule has 9 heteroatoms. The van der Waals surface area contributed by atoms with E-state index in [1.54, 1.807) is 18.3 Å². The molecule has 1 aromatic rings. The molecule has 59 heavy (non-hydrogen) atoms. The summed E-state index contributed by atoms with van der Waals surface area (Å²) in [5.74, 6) is 4.43. The maximum atomic E-state index is 12.8. The van der Waals surface area contributed by atoms with Crippen LogP contribution in [0.25, 0.3) is 0 Å². The lowest BCUT2D eigenvalue weighted by Crippen LogP contribution is -2.68. The fourth-order valence-electron chi connectivity index (χ4n) is 15.5. The summed E-state index contributed by atoms with van der Waals surface area (Å²) in [7, 11) is -0.634. The molecule has 322 valence electrons.